The third kappa shape index (κ3) is 3.88. The van der Waals surface area contributed by atoms with E-state index >= 15 is 0 Å². The van der Waals surface area contributed by atoms with Crippen molar-refractivity contribution in [1.29, 1.82) is 0 Å². The van der Waals surface area contributed by atoms with Gasteiger partial charge in [-0.25, -0.2) is 0 Å². The van der Waals surface area contributed by atoms with Crippen LogP contribution in [0.5, 0.6) is 0 Å². The van der Waals surface area contributed by atoms with E-state index in [1.807, 2.05) is 0 Å². The van der Waals surface area contributed by atoms with Crippen molar-refractivity contribution >= 4 is 17.7 Å². The third-order valence-corrected chi connectivity index (χ3v) is 2.69. The second-order valence-corrected chi connectivity index (χ2v) is 4.35. The zero-order chi connectivity index (χ0) is 13.1. The lowest BCUT2D eigenvalue weighted by molar-refractivity contribution is -0.142. The van der Waals surface area contributed by atoms with Crippen LogP contribution in [0.1, 0.15) is 18.3 Å². The number of carboxylic acid groups (broad SMARTS) is 1. The number of rotatable bonds is 4. The lowest BCUT2D eigenvalue weighted by atomic mass is 10.2. The number of aromatic nitrogens is 2. The predicted molar refractivity (Wildman–Crippen MR) is 54.8 cm³/mol. The van der Waals surface area contributed by atoms with Crippen LogP contribution in [0.3, 0.4) is 0 Å². The van der Waals surface area contributed by atoms with E-state index in [-0.39, 0.29) is 10.6 Å². The number of hydrogen-bond donors (Lipinski definition) is 1. The van der Waals surface area contributed by atoms with Gasteiger partial charge in [0.2, 0.25) is 0 Å². The van der Waals surface area contributed by atoms with Crippen molar-refractivity contribution in [2.45, 2.75) is 24.4 Å². The van der Waals surface area contributed by atoms with Crippen LogP contribution in [-0.2, 0) is 17.4 Å². The first-order chi connectivity index (χ1) is 7.84. The maximum Gasteiger partial charge on any atom is 0.435 e. The third-order valence-electron chi connectivity index (χ3n) is 1.74. The largest absolute Gasteiger partial charge is 0.481 e. The molecule has 17 heavy (non-hydrogen) atoms. The summed E-state index contributed by atoms with van der Waals surface area (Å²) in [6.45, 7) is 1.75. The molecular weight excluding hydrogens is 257 g/mol. The Balaban J connectivity index is 3.12. The smallest absolute Gasteiger partial charge is 0.435 e. The van der Waals surface area contributed by atoms with Gasteiger partial charge in [-0.2, -0.15) is 18.3 Å². The fraction of sp³-hybridized carbons (Fsp3) is 0.444. The van der Waals surface area contributed by atoms with Gasteiger partial charge in [0.15, 0.2) is 5.69 Å². The minimum absolute atomic E-state index is 0.0531. The van der Waals surface area contributed by atoms with Crippen molar-refractivity contribution in [3.05, 3.63) is 17.5 Å². The molecule has 0 amide bonds. The number of aliphatic carboxylic acids is 1. The minimum Gasteiger partial charge on any atom is -0.481 e. The van der Waals surface area contributed by atoms with E-state index in [1.165, 1.54) is 0 Å². The summed E-state index contributed by atoms with van der Waals surface area (Å²) in [5.74, 6) is -0.632. The van der Waals surface area contributed by atoms with Crippen molar-refractivity contribution in [2.75, 3.05) is 5.75 Å². The summed E-state index contributed by atoms with van der Waals surface area (Å²) in [4.78, 5) is 10.7. The SMILES string of the molecule is CCSc1cc(C(F)(F)F)nnc1CC(=O)O. The molecule has 0 saturated carbocycles. The molecule has 0 radical (unpaired) electrons. The Morgan fingerprint density at radius 3 is 2.59 bits per heavy atom. The van der Waals surface area contributed by atoms with Gasteiger partial charge in [-0.05, 0) is 11.8 Å². The molecule has 1 N–H and O–H groups in total. The molecule has 1 aromatic rings. The van der Waals surface area contributed by atoms with Gasteiger partial charge in [0.05, 0.1) is 12.1 Å². The summed E-state index contributed by atoms with van der Waals surface area (Å²) in [5.41, 5.74) is -1.06. The average Bonchev–Trinajstić information content (AvgIpc) is 2.18. The van der Waals surface area contributed by atoms with E-state index in [1.54, 1.807) is 6.92 Å². The first kappa shape index (κ1) is 13.8. The summed E-state index contributed by atoms with van der Waals surface area (Å²) >= 11 is 1.11. The van der Waals surface area contributed by atoms with E-state index in [0.717, 1.165) is 17.8 Å². The van der Waals surface area contributed by atoms with Crippen LogP contribution in [0.25, 0.3) is 0 Å². The van der Waals surface area contributed by atoms with Crippen LogP contribution < -0.4 is 0 Å². The highest BCUT2D eigenvalue weighted by Gasteiger charge is 2.34. The summed E-state index contributed by atoms with van der Waals surface area (Å²) < 4.78 is 37.1. The summed E-state index contributed by atoms with van der Waals surface area (Å²) in [7, 11) is 0. The van der Waals surface area contributed by atoms with Crippen LogP contribution >= 0.6 is 11.8 Å². The predicted octanol–water partition coefficient (Wildman–Crippen LogP) is 2.23. The molecular formula is C9H9F3N2O2S. The lowest BCUT2D eigenvalue weighted by Crippen LogP contribution is -2.13. The zero-order valence-corrected chi connectivity index (χ0v) is 9.60. The highest BCUT2D eigenvalue weighted by atomic mass is 32.2. The monoisotopic (exact) mass is 266 g/mol. The number of halogens is 3. The van der Waals surface area contributed by atoms with Gasteiger partial charge in [0, 0.05) is 4.90 Å². The molecule has 1 aromatic heterocycles. The summed E-state index contributed by atoms with van der Waals surface area (Å²) in [6, 6.07) is 0.833. The standard InChI is InChI=1S/C9H9F3N2O2S/c1-2-17-6-4-7(9(10,11)12)14-13-5(6)3-8(15)16/h4H,2-3H2,1H3,(H,15,16). The van der Waals surface area contributed by atoms with Gasteiger partial charge in [-0.3, -0.25) is 4.79 Å². The van der Waals surface area contributed by atoms with Crippen LogP contribution in [0, 0.1) is 0 Å². The van der Waals surface area contributed by atoms with Crippen LogP contribution in [0.15, 0.2) is 11.0 Å². The van der Waals surface area contributed by atoms with Gasteiger partial charge in [-0.15, -0.1) is 16.9 Å². The van der Waals surface area contributed by atoms with Gasteiger partial charge in [-0.1, -0.05) is 6.92 Å². The normalized spacial score (nSPS) is 11.5. The van der Waals surface area contributed by atoms with E-state index in [9.17, 15) is 18.0 Å². The quantitative estimate of drug-likeness (QED) is 0.847. The fourth-order valence-corrected chi connectivity index (χ4v) is 1.87. The van der Waals surface area contributed by atoms with Crippen molar-refractivity contribution in [3.8, 4) is 0 Å². The summed E-state index contributed by atoms with van der Waals surface area (Å²) in [6.07, 6.45) is -5.01. The molecule has 0 saturated heterocycles. The van der Waals surface area contributed by atoms with Crippen molar-refractivity contribution in [1.82, 2.24) is 10.2 Å². The molecule has 0 unspecified atom stereocenters. The lowest BCUT2D eigenvalue weighted by Gasteiger charge is -2.09. The topological polar surface area (TPSA) is 63.1 Å². The Kier molecular flexibility index (Phi) is 4.33. The van der Waals surface area contributed by atoms with Gasteiger partial charge in [0.1, 0.15) is 0 Å². The minimum atomic E-state index is -4.57. The number of alkyl halides is 3. The van der Waals surface area contributed by atoms with Gasteiger partial charge < -0.3 is 5.11 Å². The molecule has 0 fully saturated rings. The molecule has 0 spiro atoms. The number of carbonyl (C=O) groups is 1. The van der Waals surface area contributed by atoms with E-state index in [2.05, 4.69) is 10.2 Å². The number of hydrogen-bond acceptors (Lipinski definition) is 4. The Labute approximate surface area is 99.2 Å². The summed E-state index contributed by atoms with van der Waals surface area (Å²) in [5, 5.41) is 14.9. The molecule has 8 heteroatoms. The highest BCUT2D eigenvalue weighted by Crippen LogP contribution is 2.31. The Hall–Kier alpha value is -1.31. The Morgan fingerprint density at radius 2 is 2.12 bits per heavy atom. The van der Waals surface area contributed by atoms with Crippen LogP contribution in [0.4, 0.5) is 13.2 Å². The molecule has 0 aliphatic heterocycles. The highest BCUT2D eigenvalue weighted by molar-refractivity contribution is 7.99. The first-order valence-corrected chi connectivity index (χ1v) is 5.61. The second kappa shape index (κ2) is 5.35. The molecule has 4 nitrogen and oxygen atoms in total. The van der Waals surface area contributed by atoms with Crippen molar-refractivity contribution in [2.24, 2.45) is 0 Å². The van der Waals surface area contributed by atoms with E-state index < -0.39 is 24.3 Å². The molecule has 0 bridgehead atoms. The van der Waals surface area contributed by atoms with Gasteiger partial charge >= 0.3 is 12.1 Å². The molecule has 94 valence electrons. The van der Waals surface area contributed by atoms with Crippen LogP contribution in [-0.4, -0.2) is 27.0 Å². The molecule has 1 heterocycles. The zero-order valence-electron chi connectivity index (χ0n) is 8.78. The Morgan fingerprint density at radius 1 is 1.47 bits per heavy atom. The van der Waals surface area contributed by atoms with E-state index in [4.69, 9.17) is 5.11 Å². The average molecular weight is 266 g/mol. The van der Waals surface area contributed by atoms with Crippen molar-refractivity contribution in [3.63, 3.8) is 0 Å². The second-order valence-electron chi connectivity index (χ2n) is 3.04. The van der Waals surface area contributed by atoms with E-state index in [0.29, 0.717) is 5.75 Å². The van der Waals surface area contributed by atoms with Crippen molar-refractivity contribution < 1.29 is 23.1 Å². The molecule has 0 atom stereocenters. The molecule has 0 aromatic carbocycles. The maximum absolute atomic E-state index is 12.4. The molecule has 0 aliphatic carbocycles. The number of carboxylic acids is 1. The number of thioether (sulfide) groups is 1. The number of nitrogens with zero attached hydrogens (tertiary/aromatic N) is 2. The Bertz CT molecular complexity index is 423. The maximum atomic E-state index is 12.4. The first-order valence-electron chi connectivity index (χ1n) is 4.63. The molecule has 0 aliphatic rings. The fourth-order valence-electron chi connectivity index (χ4n) is 1.08. The van der Waals surface area contributed by atoms with Crippen LogP contribution in [0.2, 0.25) is 0 Å². The molecule has 1 rings (SSSR count). The van der Waals surface area contributed by atoms with Gasteiger partial charge in [0.25, 0.3) is 0 Å².